The summed E-state index contributed by atoms with van der Waals surface area (Å²) in [6.07, 6.45) is 4.77. The lowest BCUT2D eigenvalue weighted by Gasteiger charge is -2.08. The van der Waals surface area contributed by atoms with Crippen molar-refractivity contribution in [1.82, 2.24) is 15.3 Å². The fourth-order valence-electron chi connectivity index (χ4n) is 0.806. The van der Waals surface area contributed by atoms with Gasteiger partial charge in [-0.3, -0.25) is 0 Å². The second-order valence-electron chi connectivity index (χ2n) is 2.50. The Morgan fingerprint density at radius 3 is 2.86 bits per heavy atom. The number of ether oxygens (including phenoxy) is 1. The van der Waals surface area contributed by atoms with Crippen LogP contribution in [0.3, 0.4) is 0 Å². The normalized spacial score (nSPS) is 9.50. The van der Waals surface area contributed by atoms with Crippen molar-refractivity contribution in [2.45, 2.75) is 0 Å². The lowest BCUT2D eigenvalue weighted by molar-refractivity contribution is 0.204. The zero-order valence-electron chi connectivity index (χ0n) is 7.86. The quantitative estimate of drug-likeness (QED) is 0.557. The third-order valence-electron chi connectivity index (χ3n) is 1.41. The van der Waals surface area contributed by atoms with Gasteiger partial charge in [-0.1, -0.05) is 0 Å². The van der Waals surface area contributed by atoms with Crippen LogP contribution in [-0.2, 0) is 4.74 Å². The van der Waals surface area contributed by atoms with Crippen LogP contribution in [0.1, 0.15) is 0 Å². The second kappa shape index (κ2) is 6.22. The van der Waals surface area contributed by atoms with E-state index < -0.39 is 0 Å². The van der Waals surface area contributed by atoms with Crippen LogP contribution in [0, 0.1) is 0 Å². The molecule has 0 aromatic carbocycles. The first-order chi connectivity index (χ1) is 6.83. The third kappa shape index (κ3) is 4.11. The predicted octanol–water partition coefficient (Wildman–Crippen LogP) is 0.409. The molecule has 0 aliphatic carbocycles. The summed E-state index contributed by atoms with van der Waals surface area (Å²) in [4.78, 5) is 7.70. The number of anilines is 1. The van der Waals surface area contributed by atoms with E-state index in [1.165, 1.54) is 6.33 Å². The summed E-state index contributed by atoms with van der Waals surface area (Å²) < 4.78 is 4.87. The smallest absolute Gasteiger partial charge is 0.170 e. The maximum absolute atomic E-state index is 5.02. The molecule has 0 spiro atoms. The van der Waals surface area contributed by atoms with E-state index in [4.69, 9.17) is 17.0 Å². The van der Waals surface area contributed by atoms with Crippen molar-refractivity contribution in [1.29, 1.82) is 0 Å². The number of hydrogen-bond donors (Lipinski definition) is 2. The van der Waals surface area contributed by atoms with E-state index in [9.17, 15) is 0 Å². The van der Waals surface area contributed by atoms with E-state index in [1.807, 2.05) is 0 Å². The highest BCUT2D eigenvalue weighted by Gasteiger charge is 1.95. The van der Waals surface area contributed by atoms with Crippen molar-refractivity contribution in [3.63, 3.8) is 0 Å². The molecule has 0 saturated carbocycles. The number of rotatable bonds is 4. The van der Waals surface area contributed by atoms with Crippen molar-refractivity contribution in [3.8, 4) is 0 Å². The van der Waals surface area contributed by atoms with Crippen molar-refractivity contribution in [2.24, 2.45) is 0 Å². The van der Waals surface area contributed by atoms with Crippen LogP contribution in [0.25, 0.3) is 0 Å². The van der Waals surface area contributed by atoms with Gasteiger partial charge in [0.1, 0.15) is 6.33 Å². The summed E-state index contributed by atoms with van der Waals surface area (Å²) in [6, 6.07) is 0. The van der Waals surface area contributed by atoms with Crippen LogP contribution >= 0.6 is 12.2 Å². The molecule has 0 amide bonds. The van der Waals surface area contributed by atoms with Gasteiger partial charge in [0.25, 0.3) is 0 Å². The molecule has 0 fully saturated rings. The summed E-state index contributed by atoms with van der Waals surface area (Å²) in [5.41, 5.74) is 0.766. The zero-order valence-corrected chi connectivity index (χ0v) is 8.67. The number of methoxy groups -OCH3 is 1. The van der Waals surface area contributed by atoms with Gasteiger partial charge in [-0.2, -0.15) is 0 Å². The van der Waals surface area contributed by atoms with Crippen molar-refractivity contribution >= 4 is 23.0 Å². The number of aromatic nitrogens is 2. The molecule has 0 aliphatic heterocycles. The highest BCUT2D eigenvalue weighted by Crippen LogP contribution is 1.98. The van der Waals surface area contributed by atoms with Crippen LogP contribution in [0.4, 0.5) is 5.69 Å². The maximum Gasteiger partial charge on any atom is 0.170 e. The Kier molecular flexibility index (Phi) is 4.81. The van der Waals surface area contributed by atoms with E-state index in [-0.39, 0.29) is 0 Å². The Bertz CT molecular complexity index is 280. The van der Waals surface area contributed by atoms with E-state index in [0.29, 0.717) is 18.3 Å². The summed E-state index contributed by atoms with van der Waals surface area (Å²) in [6.45, 7) is 1.29. The van der Waals surface area contributed by atoms with Crippen LogP contribution in [-0.4, -0.2) is 35.3 Å². The molecule has 0 saturated heterocycles. The van der Waals surface area contributed by atoms with Crippen LogP contribution < -0.4 is 10.6 Å². The van der Waals surface area contributed by atoms with Gasteiger partial charge in [-0.15, -0.1) is 0 Å². The molecule has 0 radical (unpaired) electrons. The Morgan fingerprint density at radius 1 is 1.50 bits per heavy atom. The van der Waals surface area contributed by atoms with Gasteiger partial charge in [-0.05, 0) is 12.2 Å². The maximum atomic E-state index is 5.02. The van der Waals surface area contributed by atoms with Gasteiger partial charge in [0.05, 0.1) is 24.7 Å². The fourth-order valence-corrected chi connectivity index (χ4v) is 1.03. The highest BCUT2D eigenvalue weighted by molar-refractivity contribution is 7.80. The number of thiocarbonyl (C=S) groups is 1. The van der Waals surface area contributed by atoms with E-state index in [0.717, 1.165) is 5.69 Å². The summed E-state index contributed by atoms with van der Waals surface area (Å²) in [5.74, 6) is 0. The molecule has 0 unspecified atom stereocenters. The Labute approximate surface area is 87.9 Å². The molecule has 1 heterocycles. The SMILES string of the molecule is COCCNC(=S)Nc1cncnc1. The summed E-state index contributed by atoms with van der Waals surface area (Å²) in [5, 5.41) is 6.45. The highest BCUT2D eigenvalue weighted by atomic mass is 32.1. The minimum atomic E-state index is 0.539. The summed E-state index contributed by atoms with van der Waals surface area (Å²) in [7, 11) is 1.64. The predicted molar refractivity (Wildman–Crippen MR) is 58.1 cm³/mol. The Hall–Kier alpha value is -1.27. The fraction of sp³-hybridized carbons (Fsp3) is 0.375. The van der Waals surface area contributed by atoms with Gasteiger partial charge < -0.3 is 15.4 Å². The lowest BCUT2D eigenvalue weighted by Crippen LogP contribution is -2.31. The van der Waals surface area contributed by atoms with Gasteiger partial charge in [0.2, 0.25) is 0 Å². The number of hydrogen-bond acceptors (Lipinski definition) is 4. The first-order valence-corrected chi connectivity index (χ1v) is 4.52. The molecule has 2 N–H and O–H groups in total. The molecule has 1 aromatic heterocycles. The van der Waals surface area contributed by atoms with Crippen molar-refractivity contribution in [2.75, 3.05) is 25.6 Å². The molecule has 14 heavy (non-hydrogen) atoms. The van der Waals surface area contributed by atoms with Crippen LogP contribution in [0.2, 0.25) is 0 Å². The minimum absolute atomic E-state index is 0.539. The van der Waals surface area contributed by atoms with Crippen molar-refractivity contribution < 1.29 is 4.74 Å². The standard InChI is InChI=1S/C8H12N4OS/c1-13-3-2-11-8(14)12-7-4-9-6-10-5-7/h4-6H,2-3H2,1H3,(H2,11,12,14). The minimum Gasteiger partial charge on any atom is -0.383 e. The van der Waals surface area contributed by atoms with Gasteiger partial charge in [0.15, 0.2) is 5.11 Å². The molecule has 0 atom stereocenters. The average molecular weight is 212 g/mol. The largest absolute Gasteiger partial charge is 0.383 e. The van der Waals surface area contributed by atoms with E-state index in [2.05, 4.69) is 20.6 Å². The Balaban J connectivity index is 2.27. The molecule has 1 aromatic rings. The van der Waals surface area contributed by atoms with E-state index >= 15 is 0 Å². The van der Waals surface area contributed by atoms with E-state index in [1.54, 1.807) is 19.5 Å². The number of nitrogens with zero attached hydrogens (tertiary/aromatic N) is 2. The van der Waals surface area contributed by atoms with Gasteiger partial charge >= 0.3 is 0 Å². The van der Waals surface area contributed by atoms with Crippen LogP contribution in [0.5, 0.6) is 0 Å². The monoisotopic (exact) mass is 212 g/mol. The van der Waals surface area contributed by atoms with Crippen molar-refractivity contribution in [3.05, 3.63) is 18.7 Å². The Morgan fingerprint density at radius 2 is 2.21 bits per heavy atom. The topological polar surface area (TPSA) is 59.1 Å². The second-order valence-corrected chi connectivity index (χ2v) is 2.91. The van der Waals surface area contributed by atoms with Gasteiger partial charge in [-0.25, -0.2) is 9.97 Å². The summed E-state index contributed by atoms with van der Waals surface area (Å²) >= 11 is 5.02. The van der Waals surface area contributed by atoms with Crippen LogP contribution in [0.15, 0.2) is 18.7 Å². The molecule has 5 nitrogen and oxygen atoms in total. The molecular weight excluding hydrogens is 200 g/mol. The molecule has 0 bridgehead atoms. The first kappa shape index (κ1) is 10.8. The zero-order chi connectivity index (χ0) is 10.2. The molecule has 1 rings (SSSR count). The molecule has 0 aliphatic rings. The molecular formula is C8H12N4OS. The molecule has 76 valence electrons. The average Bonchev–Trinajstić information content (AvgIpc) is 2.20. The third-order valence-corrected chi connectivity index (χ3v) is 1.66. The van der Waals surface area contributed by atoms with Gasteiger partial charge in [0, 0.05) is 13.7 Å². The number of nitrogens with one attached hydrogen (secondary N) is 2. The lowest BCUT2D eigenvalue weighted by atomic mass is 10.5. The first-order valence-electron chi connectivity index (χ1n) is 4.11. The molecule has 6 heteroatoms.